The van der Waals surface area contributed by atoms with Gasteiger partial charge in [0, 0.05) is 31.7 Å². The molecule has 3 rings (SSSR count). The number of aromatic amines is 1. The van der Waals surface area contributed by atoms with Crippen molar-refractivity contribution in [1.29, 1.82) is 5.26 Å². The van der Waals surface area contributed by atoms with E-state index in [-0.39, 0.29) is 29.3 Å². The van der Waals surface area contributed by atoms with Gasteiger partial charge >= 0.3 is 0 Å². The molecule has 0 aliphatic carbocycles. The number of sulfonamides is 1. The monoisotopic (exact) mass is 458 g/mol. The Balaban J connectivity index is 1.57. The number of aromatic nitrogens is 1. The highest BCUT2D eigenvalue weighted by Gasteiger charge is 2.26. The number of nitrogens with one attached hydrogen (secondary N) is 2. The van der Waals surface area contributed by atoms with Crippen molar-refractivity contribution in [3.05, 3.63) is 62.6 Å². The van der Waals surface area contributed by atoms with Gasteiger partial charge in [0.25, 0.3) is 5.56 Å². The Labute approximate surface area is 187 Å². The first kappa shape index (κ1) is 23.7. The molecule has 32 heavy (non-hydrogen) atoms. The molecule has 2 aromatic rings. The van der Waals surface area contributed by atoms with Gasteiger partial charge in [-0.05, 0) is 49.1 Å². The third kappa shape index (κ3) is 5.24. The Bertz CT molecular complexity index is 1190. The average molecular weight is 459 g/mol. The molecule has 0 saturated carbocycles. The van der Waals surface area contributed by atoms with Crippen LogP contribution in [0.2, 0.25) is 0 Å². The first-order valence-electron chi connectivity index (χ1n) is 10.3. The van der Waals surface area contributed by atoms with Crippen molar-refractivity contribution in [2.24, 2.45) is 0 Å². The van der Waals surface area contributed by atoms with Crippen molar-refractivity contribution >= 4 is 15.9 Å². The summed E-state index contributed by atoms with van der Waals surface area (Å²) in [7, 11) is -3.55. The molecule has 2 N–H and O–H groups in total. The van der Waals surface area contributed by atoms with Crippen LogP contribution in [0.25, 0.3) is 0 Å². The van der Waals surface area contributed by atoms with Crippen LogP contribution in [0.15, 0.2) is 34.0 Å². The molecule has 0 spiro atoms. The summed E-state index contributed by atoms with van der Waals surface area (Å²) in [5.74, 6) is -0.182. The van der Waals surface area contributed by atoms with E-state index in [4.69, 9.17) is 10.00 Å². The highest BCUT2D eigenvalue weighted by Crippen LogP contribution is 2.18. The second-order valence-corrected chi connectivity index (χ2v) is 9.54. The molecule has 1 aliphatic heterocycles. The Hall–Kier alpha value is -3.00. The molecular weight excluding hydrogens is 432 g/mol. The van der Waals surface area contributed by atoms with Gasteiger partial charge in [-0.25, -0.2) is 8.42 Å². The van der Waals surface area contributed by atoms with Crippen LogP contribution in [-0.4, -0.2) is 49.9 Å². The first-order valence-corrected chi connectivity index (χ1v) is 11.7. The maximum absolute atomic E-state index is 12.7. The minimum absolute atomic E-state index is 0.0677. The zero-order chi connectivity index (χ0) is 23.3. The Morgan fingerprint density at radius 2 is 1.88 bits per heavy atom. The van der Waals surface area contributed by atoms with E-state index in [1.54, 1.807) is 38.1 Å². The number of hydrogen-bond acceptors (Lipinski definition) is 6. The zero-order valence-electron chi connectivity index (χ0n) is 18.1. The van der Waals surface area contributed by atoms with Crippen molar-refractivity contribution < 1.29 is 17.9 Å². The number of hydrogen-bond donors (Lipinski definition) is 2. The minimum atomic E-state index is -3.55. The van der Waals surface area contributed by atoms with Crippen LogP contribution in [0, 0.1) is 25.2 Å². The molecule has 1 amide bonds. The number of pyridine rings is 1. The third-order valence-electron chi connectivity index (χ3n) is 5.54. The predicted octanol–water partition coefficient (Wildman–Crippen LogP) is 1.13. The highest BCUT2D eigenvalue weighted by molar-refractivity contribution is 7.89. The van der Waals surface area contributed by atoms with E-state index in [9.17, 15) is 18.0 Å². The van der Waals surface area contributed by atoms with Gasteiger partial charge in [-0.15, -0.1) is 0 Å². The number of amides is 1. The van der Waals surface area contributed by atoms with Crippen LogP contribution in [0.5, 0.6) is 0 Å². The number of rotatable bonds is 7. The largest absolute Gasteiger partial charge is 0.379 e. The van der Waals surface area contributed by atoms with E-state index in [0.29, 0.717) is 44.0 Å². The summed E-state index contributed by atoms with van der Waals surface area (Å²) < 4.78 is 31.9. The van der Waals surface area contributed by atoms with Gasteiger partial charge in [-0.3, -0.25) is 9.59 Å². The average Bonchev–Trinajstić information content (AvgIpc) is 2.78. The lowest BCUT2D eigenvalue weighted by atomic mass is 9.99. The van der Waals surface area contributed by atoms with E-state index < -0.39 is 15.6 Å². The lowest BCUT2D eigenvalue weighted by Crippen LogP contribution is -2.40. The molecule has 0 atom stereocenters. The summed E-state index contributed by atoms with van der Waals surface area (Å²) in [4.78, 5) is 27.0. The molecule has 0 radical (unpaired) electrons. The van der Waals surface area contributed by atoms with Crippen LogP contribution in [-0.2, 0) is 32.5 Å². The van der Waals surface area contributed by atoms with Crippen LogP contribution < -0.4 is 10.9 Å². The molecule has 0 bridgehead atoms. The summed E-state index contributed by atoms with van der Waals surface area (Å²) in [6, 6.07) is 8.36. The summed E-state index contributed by atoms with van der Waals surface area (Å²) in [6.45, 7) is 5.17. The van der Waals surface area contributed by atoms with E-state index in [2.05, 4.69) is 10.3 Å². The maximum atomic E-state index is 12.7. The number of nitriles is 1. The third-order valence-corrected chi connectivity index (χ3v) is 7.46. The molecule has 1 fully saturated rings. The van der Waals surface area contributed by atoms with E-state index >= 15 is 0 Å². The molecule has 1 saturated heterocycles. The zero-order valence-corrected chi connectivity index (χ0v) is 18.9. The van der Waals surface area contributed by atoms with Crippen LogP contribution in [0.3, 0.4) is 0 Å². The van der Waals surface area contributed by atoms with Crippen LogP contribution >= 0.6 is 0 Å². The molecular formula is C22H26N4O5S. The molecule has 1 aromatic heterocycles. The number of morpholine rings is 1. The van der Waals surface area contributed by atoms with Gasteiger partial charge in [0.1, 0.15) is 11.6 Å². The highest BCUT2D eigenvalue weighted by atomic mass is 32.2. The fourth-order valence-electron chi connectivity index (χ4n) is 3.66. The standard InChI is InChI=1S/C22H26N4O5S/c1-15-19(16(2)25-22(28)20(15)13-23)7-8-21(27)24-14-17-3-5-18(6-4-17)32(29,30)26-9-11-31-12-10-26/h3-6H,7-12,14H2,1-2H3,(H,24,27)(H,25,28). The Kier molecular flexibility index (Phi) is 7.45. The van der Waals surface area contributed by atoms with E-state index in [0.717, 1.165) is 11.1 Å². The van der Waals surface area contributed by atoms with Crippen molar-refractivity contribution in [3.63, 3.8) is 0 Å². The fourth-order valence-corrected chi connectivity index (χ4v) is 5.07. The number of ether oxygens (including phenoxy) is 1. The quantitative estimate of drug-likeness (QED) is 0.639. The predicted molar refractivity (Wildman–Crippen MR) is 117 cm³/mol. The van der Waals surface area contributed by atoms with Crippen LogP contribution in [0.1, 0.15) is 34.4 Å². The number of carbonyl (C=O) groups is 1. The molecule has 10 heteroatoms. The first-order chi connectivity index (χ1) is 15.2. The maximum Gasteiger partial charge on any atom is 0.266 e. The number of benzene rings is 1. The summed E-state index contributed by atoms with van der Waals surface area (Å²) >= 11 is 0. The van der Waals surface area contributed by atoms with Crippen molar-refractivity contribution in [2.75, 3.05) is 26.3 Å². The number of H-pyrrole nitrogens is 1. The molecule has 0 unspecified atom stereocenters. The van der Waals surface area contributed by atoms with Gasteiger partial charge in [0.2, 0.25) is 15.9 Å². The normalized spacial score (nSPS) is 14.7. The number of carbonyl (C=O) groups excluding carboxylic acids is 1. The van der Waals surface area contributed by atoms with E-state index in [1.807, 2.05) is 6.07 Å². The van der Waals surface area contributed by atoms with Crippen molar-refractivity contribution in [2.45, 2.75) is 38.1 Å². The van der Waals surface area contributed by atoms with Crippen molar-refractivity contribution in [1.82, 2.24) is 14.6 Å². The number of aryl methyl sites for hydroxylation is 1. The topological polar surface area (TPSA) is 132 Å². The molecule has 1 aliphatic rings. The van der Waals surface area contributed by atoms with Gasteiger partial charge in [-0.2, -0.15) is 9.57 Å². The smallest absolute Gasteiger partial charge is 0.266 e. The van der Waals surface area contributed by atoms with Gasteiger partial charge in [-0.1, -0.05) is 12.1 Å². The second-order valence-electron chi connectivity index (χ2n) is 7.61. The molecule has 1 aromatic carbocycles. The van der Waals surface area contributed by atoms with Gasteiger partial charge in [0.05, 0.1) is 18.1 Å². The molecule has 2 heterocycles. The summed E-state index contributed by atoms with van der Waals surface area (Å²) in [5, 5.41) is 12.0. The molecule has 9 nitrogen and oxygen atoms in total. The minimum Gasteiger partial charge on any atom is -0.379 e. The fraction of sp³-hybridized carbons (Fsp3) is 0.409. The van der Waals surface area contributed by atoms with Crippen molar-refractivity contribution in [3.8, 4) is 6.07 Å². The van der Waals surface area contributed by atoms with Gasteiger partial charge in [0.15, 0.2) is 0 Å². The Morgan fingerprint density at radius 1 is 1.22 bits per heavy atom. The van der Waals surface area contributed by atoms with Gasteiger partial charge < -0.3 is 15.0 Å². The SMILES string of the molecule is Cc1[nH]c(=O)c(C#N)c(C)c1CCC(=O)NCc1ccc(S(=O)(=O)N2CCOCC2)cc1. The lowest BCUT2D eigenvalue weighted by molar-refractivity contribution is -0.121. The lowest BCUT2D eigenvalue weighted by Gasteiger charge is -2.26. The van der Waals surface area contributed by atoms with Crippen LogP contribution in [0.4, 0.5) is 0 Å². The second kappa shape index (κ2) is 10.1. The number of nitrogens with zero attached hydrogens (tertiary/aromatic N) is 2. The van der Waals surface area contributed by atoms with E-state index in [1.165, 1.54) is 4.31 Å². The summed E-state index contributed by atoms with van der Waals surface area (Å²) in [5.41, 5.74) is 2.46. The summed E-state index contributed by atoms with van der Waals surface area (Å²) in [6.07, 6.45) is 0.591. The molecule has 170 valence electrons. The Morgan fingerprint density at radius 3 is 2.50 bits per heavy atom.